The van der Waals surface area contributed by atoms with Crippen LogP contribution in [0.4, 0.5) is 25.0 Å². The maximum Gasteiger partial charge on any atom is 0.332 e. The summed E-state index contributed by atoms with van der Waals surface area (Å²) in [4.78, 5) is 18.5. The SMILES string of the molecule is C[C@H]1CN=C(N(C(=O)Nc2ccc(F)c(Cl)c2)c2ccc(F)cc2)S1. The number of thioether (sulfide) groups is 1. The minimum absolute atomic E-state index is 0.0904. The summed E-state index contributed by atoms with van der Waals surface area (Å²) in [5, 5.41) is 3.33. The Bertz CT molecular complexity index is 829. The van der Waals surface area contributed by atoms with Gasteiger partial charge in [0.1, 0.15) is 11.6 Å². The fraction of sp³-hybridized carbons (Fsp3) is 0.176. The molecule has 0 aliphatic carbocycles. The summed E-state index contributed by atoms with van der Waals surface area (Å²) in [5.74, 6) is -0.969. The van der Waals surface area contributed by atoms with E-state index >= 15 is 0 Å². The molecule has 4 nitrogen and oxygen atoms in total. The van der Waals surface area contributed by atoms with Gasteiger partial charge in [-0.2, -0.15) is 0 Å². The molecule has 2 amide bonds. The van der Waals surface area contributed by atoms with Crippen LogP contribution in [0.1, 0.15) is 6.92 Å². The third kappa shape index (κ3) is 4.11. The van der Waals surface area contributed by atoms with Crippen molar-refractivity contribution in [2.75, 3.05) is 16.8 Å². The molecule has 0 saturated carbocycles. The minimum atomic E-state index is -0.570. The zero-order valence-electron chi connectivity index (χ0n) is 13.2. The van der Waals surface area contributed by atoms with Gasteiger partial charge in [0.25, 0.3) is 0 Å². The van der Waals surface area contributed by atoms with E-state index in [0.29, 0.717) is 23.1 Å². The van der Waals surface area contributed by atoms with Crippen molar-refractivity contribution in [3.63, 3.8) is 0 Å². The Kier molecular flexibility index (Phi) is 5.24. The molecule has 130 valence electrons. The average Bonchev–Trinajstić information content (AvgIpc) is 2.99. The number of halogens is 3. The normalized spacial score (nSPS) is 16.5. The molecule has 0 unspecified atom stereocenters. The van der Waals surface area contributed by atoms with Crippen molar-refractivity contribution in [2.45, 2.75) is 12.2 Å². The molecule has 0 spiro atoms. The summed E-state index contributed by atoms with van der Waals surface area (Å²) >= 11 is 7.20. The second-order valence-electron chi connectivity index (χ2n) is 5.42. The molecule has 0 fully saturated rings. The molecule has 1 N–H and O–H groups in total. The molecule has 0 bridgehead atoms. The number of rotatable bonds is 2. The van der Waals surface area contributed by atoms with E-state index < -0.39 is 17.7 Å². The summed E-state index contributed by atoms with van der Waals surface area (Å²) in [5.41, 5.74) is 0.826. The van der Waals surface area contributed by atoms with Crippen molar-refractivity contribution in [3.05, 3.63) is 59.1 Å². The third-order valence-corrected chi connectivity index (χ3v) is 4.80. The van der Waals surface area contributed by atoms with Crippen molar-refractivity contribution in [2.24, 2.45) is 4.99 Å². The van der Waals surface area contributed by atoms with Crippen LogP contribution in [-0.2, 0) is 0 Å². The smallest absolute Gasteiger partial charge is 0.307 e. The molecule has 0 radical (unpaired) electrons. The van der Waals surface area contributed by atoms with Crippen LogP contribution < -0.4 is 10.2 Å². The fourth-order valence-electron chi connectivity index (χ4n) is 2.24. The lowest BCUT2D eigenvalue weighted by Gasteiger charge is -2.23. The Hall–Kier alpha value is -2.12. The first-order chi connectivity index (χ1) is 11.9. The summed E-state index contributed by atoms with van der Waals surface area (Å²) in [6.07, 6.45) is 0. The highest BCUT2D eigenvalue weighted by molar-refractivity contribution is 8.15. The number of amidine groups is 1. The Labute approximate surface area is 152 Å². The monoisotopic (exact) mass is 381 g/mol. The molecule has 1 atom stereocenters. The van der Waals surface area contributed by atoms with Gasteiger partial charge >= 0.3 is 6.03 Å². The lowest BCUT2D eigenvalue weighted by atomic mass is 10.3. The van der Waals surface area contributed by atoms with Gasteiger partial charge in [-0.3, -0.25) is 4.99 Å². The van der Waals surface area contributed by atoms with Gasteiger partial charge in [0.2, 0.25) is 0 Å². The molecule has 2 aromatic carbocycles. The average molecular weight is 382 g/mol. The number of nitrogens with one attached hydrogen (secondary N) is 1. The molecule has 0 saturated heterocycles. The lowest BCUT2D eigenvalue weighted by molar-refractivity contribution is 0.259. The van der Waals surface area contributed by atoms with Crippen molar-refractivity contribution < 1.29 is 13.6 Å². The number of nitrogens with zero attached hydrogens (tertiary/aromatic N) is 2. The highest BCUT2D eigenvalue weighted by Gasteiger charge is 2.27. The molecule has 25 heavy (non-hydrogen) atoms. The standard InChI is InChI=1S/C17H14ClF2N3OS/c1-10-9-21-17(25-10)23(13-5-2-11(19)3-6-13)16(24)22-12-4-7-15(20)14(18)8-12/h2-8,10H,9H2,1H3,(H,22,24)/t10-/m0/s1. The van der Waals surface area contributed by atoms with Gasteiger partial charge in [-0.25, -0.2) is 18.5 Å². The van der Waals surface area contributed by atoms with Crippen molar-refractivity contribution in [1.82, 2.24) is 0 Å². The van der Waals surface area contributed by atoms with Crippen molar-refractivity contribution in [1.29, 1.82) is 0 Å². The molecule has 1 aliphatic heterocycles. The van der Waals surface area contributed by atoms with E-state index in [2.05, 4.69) is 10.3 Å². The van der Waals surface area contributed by atoms with Crippen molar-refractivity contribution in [3.8, 4) is 0 Å². The second kappa shape index (κ2) is 7.41. The van der Waals surface area contributed by atoms with E-state index in [9.17, 15) is 13.6 Å². The van der Waals surface area contributed by atoms with E-state index in [-0.39, 0.29) is 10.3 Å². The van der Waals surface area contributed by atoms with Crippen LogP contribution >= 0.6 is 23.4 Å². The van der Waals surface area contributed by atoms with Crippen molar-refractivity contribution >= 4 is 45.9 Å². The topological polar surface area (TPSA) is 44.7 Å². The number of anilines is 2. The number of carbonyl (C=O) groups excluding carboxylic acids is 1. The quantitative estimate of drug-likeness (QED) is 0.782. The summed E-state index contributed by atoms with van der Waals surface area (Å²) < 4.78 is 26.5. The van der Waals surface area contributed by atoms with Crippen LogP contribution in [0.25, 0.3) is 0 Å². The van der Waals surface area contributed by atoms with Gasteiger partial charge in [0, 0.05) is 10.9 Å². The largest absolute Gasteiger partial charge is 0.332 e. The lowest BCUT2D eigenvalue weighted by Crippen LogP contribution is -2.38. The first-order valence-corrected chi connectivity index (χ1v) is 8.72. The molecular formula is C17H14ClF2N3OS. The zero-order valence-corrected chi connectivity index (χ0v) is 14.7. The van der Waals surface area contributed by atoms with Crippen LogP contribution in [0, 0.1) is 11.6 Å². The number of aliphatic imine (C=N–C) groups is 1. The molecule has 3 rings (SSSR count). The predicted octanol–water partition coefficient (Wildman–Crippen LogP) is 5.15. The molecule has 8 heteroatoms. The zero-order chi connectivity index (χ0) is 18.0. The van der Waals surface area contributed by atoms with E-state index in [4.69, 9.17) is 11.6 Å². The Morgan fingerprint density at radius 3 is 2.60 bits per heavy atom. The number of urea groups is 1. The summed E-state index contributed by atoms with van der Waals surface area (Å²) in [7, 11) is 0. The molecular weight excluding hydrogens is 368 g/mol. The summed E-state index contributed by atoms with van der Waals surface area (Å²) in [6.45, 7) is 2.59. The first kappa shape index (κ1) is 17.7. The van der Waals surface area contributed by atoms with E-state index in [1.165, 1.54) is 59.1 Å². The van der Waals surface area contributed by atoms with Crippen LogP contribution in [0.3, 0.4) is 0 Å². The number of carbonyl (C=O) groups is 1. The van der Waals surface area contributed by atoms with Gasteiger partial charge in [0.05, 0.1) is 17.3 Å². The number of benzene rings is 2. The Morgan fingerprint density at radius 1 is 1.28 bits per heavy atom. The van der Waals surface area contributed by atoms with Crippen LogP contribution in [0.5, 0.6) is 0 Å². The Morgan fingerprint density at radius 2 is 2.00 bits per heavy atom. The number of amides is 2. The fourth-order valence-corrected chi connectivity index (χ4v) is 3.37. The second-order valence-corrected chi connectivity index (χ2v) is 7.24. The molecule has 1 aliphatic rings. The summed E-state index contributed by atoms with van der Waals surface area (Å²) in [6, 6.07) is 8.95. The van der Waals surface area contributed by atoms with Crippen LogP contribution in [-0.4, -0.2) is 23.0 Å². The number of hydrogen-bond donors (Lipinski definition) is 1. The Balaban J connectivity index is 1.89. The number of hydrogen-bond acceptors (Lipinski definition) is 3. The van der Waals surface area contributed by atoms with Crippen LogP contribution in [0.15, 0.2) is 47.5 Å². The molecule has 0 aromatic heterocycles. The molecule has 2 aromatic rings. The van der Waals surface area contributed by atoms with Gasteiger partial charge in [-0.15, -0.1) is 0 Å². The first-order valence-electron chi connectivity index (χ1n) is 7.47. The van der Waals surface area contributed by atoms with E-state index in [1.54, 1.807) is 0 Å². The van der Waals surface area contributed by atoms with Gasteiger partial charge in [-0.05, 0) is 42.5 Å². The van der Waals surface area contributed by atoms with E-state index in [1.807, 2.05) is 6.92 Å². The predicted molar refractivity (Wildman–Crippen MR) is 98.7 cm³/mol. The van der Waals surface area contributed by atoms with Gasteiger partial charge in [-0.1, -0.05) is 30.3 Å². The maximum atomic E-state index is 13.3. The highest BCUT2D eigenvalue weighted by Crippen LogP contribution is 2.28. The van der Waals surface area contributed by atoms with Gasteiger partial charge in [0.15, 0.2) is 5.17 Å². The highest BCUT2D eigenvalue weighted by atomic mass is 35.5. The van der Waals surface area contributed by atoms with E-state index in [0.717, 1.165) is 0 Å². The maximum absolute atomic E-state index is 13.3. The van der Waals surface area contributed by atoms with Crippen LogP contribution in [0.2, 0.25) is 5.02 Å². The molecule has 1 heterocycles. The minimum Gasteiger partial charge on any atom is -0.307 e. The third-order valence-electron chi connectivity index (χ3n) is 3.44. The van der Waals surface area contributed by atoms with Gasteiger partial charge < -0.3 is 5.32 Å².